The van der Waals surface area contributed by atoms with Crippen molar-refractivity contribution in [2.75, 3.05) is 49.2 Å². The molecule has 0 bridgehead atoms. The van der Waals surface area contributed by atoms with E-state index < -0.39 is 0 Å². The predicted octanol–water partition coefficient (Wildman–Crippen LogP) is 5.00. The maximum Gasteiger partial charge on any atom is 0.291 e. The van der Waals surface area contributed by atoms with Gasteiger partial charge < -0.3 is 19.5 Å². The fourth-order valence-electron chi connectivity index (χ4n) is 4.15. The predicted molar refractivity (Wildman–Crippen MR) is 127 cm³/mol. The molecule has 0 aliphatic carbocycles. The van der Waals surface area contributed by atoms with Gasteiger partial charge in [-0.1, -0.05) is 25.1 Å². The molecular formula is C24H29N3O2S. The molecule has 0 saturated carbocycles. The van der Waals surface area contributed by atoms with Gasteiger partial charge >= 0.3 is 0 Å². The summed E-state index contributed by atoms with van der Waals surface area (Å²) in [7, 11) is 0. The van der Waals surface area contributed by atoms with Gasteiger partial charge in [0, 0.05) is 54.3 Å². The van der Waals surface area contributed by atoms with Crippen molar-refractivity contribution in [3.8, 4) is 0 Å². The Morgan fingerprint density at radius 1 is 1.13 bits per heavy atom. The minimum atomic E-state index is -0.195. The number of furan rings is 1. The van der Waals surface area contributed by atoms with Crippen molar-refractivity contribution in [1.29, 1.82) is 0 Å². The molecule has 2 aromatic carbocycles. The first-order valence-corrected chi connectivity index (χ1v) is 11.9. The molecule has 30 heavy (non-hydrogen) atoms. The van der Waals surface area contributed by atoms with E-state index >= 15 is 0 Å². The number of anilines is 2. The highest BCUT2D eigenvalue weighted by Gasteiger charge is 2.21. The van der Waals surface area contributed by atoms with Crippen molar-refractivity contribution in [3.63, 3.8) is 0 Å². The smallest absolute Gasteiger partial charge is 0.291 e. The fraction of sp³-hybridized carbons (Fsp3) is 0.375. The normalized spacial score (nSPS) is 15.0. The van der Waals surface area contributed by atoms with Crippen LogP contribution in [0, 0.1) is 6.92 Å². The number of piperazine rings is 1. The van der Waals surface area contributed by atoms with Crippen molar-refractivity contribution in [1.82, 2.24) is 4.90 Å². The lowest BCUT2D eigenvalue weighted by Crippen LogP contribution is -2.46. The molecule has 0 radical (unpaired) electrons. The van der Waals surface area contributed by atoms with Gasteiger partial charge in [0.15, 0.2) is 5.76 Å². The number of benzene rings is 2. The Bertz CT molecular complexity index is 1040. The quantitative estimate of drug-likeness (QED) is 0.605. The van der Waals surface area contributed by atoms with Crippen molar-refractivity contribution < 1.29 is 9.21 Å². The van der Waals surface area contributed by atoms with E-state index in [1.54, 1.807) is 11.8 Å². The molecule has 4 rings (SSSR count). The van der Waals surface area contributed by atoms with E-state index in [-0.39, 0.29) is 5.91 Å². The number of para-hydroxylation sites is 1. The standard InChI is InChI=1S/C24H29N3O2S/c1-4-26-11-13-27(14-12-26)21-10-9-18(15-17(21)2)25-24(28)23-20(16-30-3)19-7-5-6-8-22(19)29-23/h5-10,15H,4,11-14,16H2,1-3H3,(H,25,28). The van der Waals surface area contributed by atoms with Crippen molar-refractivity contribution >= 4 is 40.0 Å². The molecule has 1 aliphatic rings. The third kappa shape index (κ3) is 4.20. The zero-order valence-corrected chi connectivity index (χ0v) is 18.7. The maximum absolute atomic E-state index is 13.0. The van der Waals surface area contributed by atoms with Crippen LogP contribution in [0.3, 0.4) is 0 Å². The second-order valence-electron chi connectivity index (χ2n) is 7.72. The van der Waals surface area contributed by atoms with Crippen LogP contribution in [-0.4, -0.2) is 49.8 Å². The first-order valence-electron chi connectivity index (χ1n) is 10.5. The first kappa shape index (κ1) is 20.8. The number of aryl methyl sites for hydroxylation is 1. The fourth-order valence-corrected chi connectivity index (χ4v) is 4.73. The van der Waals surface area contributed by atoms with Gasteiger partial charge in [-0.2, -0.15) is 11.8 Å². The topological polar surface area (TPSA) is 48.7 Å². The molecule has 5 nitrogen and oxygen atoms in total. The average molecular weight is 424 g/mol. The summed E-state index contributed by atoms with van der Waals surface area (Å²) in [5.74, 6) is 0.948. The van der Waals surface area contributed by atoms with Crippen LogP contribution in [0.2, 0.25) is 0 Å². The highest BCUT2D eigenvalue weighted by molar-refractivity contribution is 7.97. The average Bonchev–Trinajstić information content (AvgIpc) is 3.13. The number of rotatable bonds is 6. The third-order valence-corrected chi connectivity index (χ3v) is 6.39. The van der Waals surface area contributed by atoms with E-state index in [0.29, 0.717) is 5.76 Å². The Labute approximate surface area is 182 Å². The van der Waals surface area contributed by atoms with Gasteiger partial charge in [-0.15, -0.1) is 0 Å². The zero-order valence-electron chi connectivity index (χ0n) is 17.9. The van der Waals surface area contributed by atoms with E-state index in [2.05, 4.69) is 41.1 Å². The summed E-state index contributed by atoms with van der Waals surface area (Å²) in [4.78, 5) is 17.9. The van der Waals surface area contributed by atoms with Gasteiger partial charge in [-0.3, -0.25) is 4.79 Å². The van der Waals surface area contributed by atoms with Gasteiger partial charge in [-0.25, -0.2) is 0 Å². The third-order valence-electron chi connectivity index (χ3n) is 5.81. The number of amides is 1. The monoisotopic (exact) mass is 423 g/mol. The SMILES string of the molecule is CCN1CCN(c2ccc(NC(=O)c3oc4ccccc4c3CSC)cc2C)CC1. The van der Waals surface area contributed by atoms with Crippen LogP contribution in [0.15, 0.2) is 46.9 Å². The van der Waals surface area contributed by atoms with Gasteiger partial charge in [0.2, 0.25) is 0 Å². The van der Waals surface area contributed by atoms with Gasteiger partial charge in [0.25, 0.3) is 5.91 Å². The molecule has 0 atom stereocenters. The Kier molecular flexibility index (Phi) is 6.35. The molecule has 1 aromatic heterocycles. The molecule has 1 fully saturated rings. The second kappa shape index (κ2) is 9.14. The highest BCUT2D eigenvalue weighted by atomic mass is 32.2. The summed E-state index contributed by atoms with van der Waals surface area (Å²) in [5, 5.41) is 4.05. The summed E-state index contributed by atoms with van der Waals surface area (Å²) in [5.41, 5.74) is 4.92. The molecule has 2 heterocycles. The van der Waals surface area contributed by atoms with Crippen LogP contribution in [0.1, 0.15) is 28.6 Å². The lowest BCUT2D eigenvalue weighted by Gasteiger charge is -2.36. The molecule has 1 amide bonds. The van der Waals surface area contributed by atoms with E-state index in [9.17, 15) is 4.79 Å². The van der Waals surface area contributed by atoms with Gasteiger partial charge in [0.05, 0.1) is 0 Å². The summed E-state index contributed by atoms with van der Waals surface area (Å²) in [6.07, 6.45) is 2.03. The second-order valence-corrected chi connectivity index (χ2v) is 8.58. The van der Waals surface area contributed by atoms with Crippen LogP contribution in [-0.2, 0) is 5.75 Å². The number of fused-ring (bicyclic) bond motifs is 1. The number of likely N-dealkylation sites (N-methyl/N-ethyl adjacent to an activating group) is 1. The molecule has 1 saturated heterocycles. The molecule has 0 unspecified atom stereocenters. The van der Waals surface area contributed by atoms with Crippen LogP contribution in [0.25, 0.3) is 11.0 Å². The van der Waals surface area contributed by atoms with E-state index in [1.165, 1.54) is 11.3 Å². The van der Waals surface area contributed by atoms with Crippen LogP contribution < -0.4 is 10.2 Å². The number of thioether (sulfide) groups is 1. The lowest BCUT2D eigenvalue weighted by atomic mass is 10.1. The van der Waals surface area contributed by atoms with Crippen LogP contribution in [0.4, 0.5) is 11.4 Å². The summed E-state index contributed by atoms with van der Waals surface area (Å²) >= 11 is 1.69. The van der Waals surface area contributed by atoms with E-state index in [1.807, 2.05) is 36.6 Å². The van der Waals surface area contributed by atoms with Gasteiger partial charge in [0.1, 0.15) is 5.58 Å². The molecular weight excluding hydrogens is 394 g/mol. The molecule has 3 aromatic rings. The Hall–Kier alpha value is -2.44. The zero-order chi connectivity index (χ0) is 21.1. The summed E-state index contributed by atoms with van der Waals surface area (Å²) in [6.45, 7) is 9.70. The molecule has 1 N–H and O–H groups in total. The van der Waals surface area contributed by atoms with Crippen LogP contribution >= 0.6 is 11.8 Å². The minimum Gasteiger partial charge on any atom is -0.451 e. The number of carbonyl (C=O) groups excluding carboxylic acids is 1. The molecule has 1 aliphatic heterocycles. The van der Waals surface area contributed by atoms with Crippen molar-refractivity contribution in [2.24, 2.45) is 0 Å². The van der Waals surface area contributed by atoms with Crippen molar-refractivity contribution in [3.05, 3.63) is 59.4 Å². The minimum absolute atomic E-state index is 0.195. The molecule has 6 heteroatoms. The number of nitrogens with zero attached hydrogens (tertiary/aromatic N) is 2. The number of hydrogen-bond donors (Lipinski definition) is 1. The Balaban J connectivity index is 1.52. The lowest BCUT2D eigenvalue weighted by molar-refractivity contribution is 0.0998. The summed E-state index contributed by atoms with van der Waals surface area (Å²) < 4.78 is 5.92. The first-order chi connectivity index (χ1) is 14.6. The largest absolute Gasteiger partial charge is 0.451 e. The van der Waals surface area contributed by atoms with E-state index in [0.717, 1.165) is 60.7 Å². The Morgan fingerprint density at radius 2 is 1.90 bits per heavy atom. The Morgan fingerprint density at radius 3 is 2.60 bits per heavy atom. The summed E-state index contributed by atoms with van der Waals surface area (Å²) in [6, 6.07) is 14.0. The maximum atomic E-state index is 13.0. The number of hydrogen-bond acceptors (Lipinski definition) is 5. The van der Waals surface area contributed by atoms with Crippen molar-refractivity contribution in [2.45, 2.75) is 19.6 Å². The number of nitrogens with one attached hydrogen (secondary N) is 1. The molecule has 158 valence electrons. The van der Waals surface area contributed by atoms with Gasteiger partial charge in [-0.05, 0) is 49.6 Å². The number of carbonyl (C=O) groups is 1. The van der Waals surface area contributed by atoms with Crippen LogP contribution in [0.5, 0.6) is 0 Å². The molecule has 0 spiro atoms. The highest BCUT2D eigenvalue weighted by Crippen LogP contribution is 2.30. The van der Waals surface area contributed by atoms with E-state index in [4.69, 9.17) is 4.42 Å².